The topological polar surface area (TPSA) is 75.4 Å². The van der Waals surface area contributed by atoms with Crippen LogP contribution in [0.5, 0.6) is 0 Å². The molecular weight excluding hydrogens is 208 g/mol. The largest absolute Gasteiger partial charge is 0.479 e. The van der Waals surface area contributed by atoms with Crippen molar-refractivity contribution in [2.24, 2.45) is 5.92 Å². The first kappa shape index (κ1) is 12.7. The van der Waals surface area contributed by atoms with Gasteiger partial charge in [-0.3, -0.25) is 4.68 Å². The van der Waals surface area contributed by atoms with Crippen molar-refractivity contribution in [2.45, 2.75) is 39.3 Å². The van der Waals surface area contributed by atoms with Crippen molar-refractivity contribution in [3.05, 3.63) is 18.0 Å². The number of aliphatic carboxylic acids is 1. The second-order valence-corrected chi connectivity index (χ2v) is 4.68. The number of rotatable bonds is 5. The minimum Gasteiger partial charge on any atom is -0.479 e. The van der Waals surface area contributed by atoms with Crippen LogP contribution in [0, 0.1) is 5.92 Å². The third-order valence-electron chi connectivity index (χ3n) is 2.23. The van der Waals surface area contributed by atoms with Crippen molar-refractivity contribution < 1.29 is 15.0 Å². The first-order chi connectivity index (χ1) is 7.31. The number of aromatic nitrogens is 2. The minimum atomic E-state index is -1.75. The van der Waals surface area contributed by atoms with Gasteiger partial charge in [-0.2, -0.15) is 5.10 Å². The Morgan fingerprint density at radius 1 is 1.62 bits per heavy atom. The summed E-state index contributed by atoms with van der Waals surface area (Å²) in [6.07, 6.45) is 1.82. The Labute approximate surface area is 94.7 Å². The average Bonchev–Trinajstić information content (AvgIpc) is 2.50. The number of carboxylic acid groups (broad SMARTS) is 1. The first-order valence-corrected chi connectivity index (χ1v) is 5.29. The van der Waals surface area contributed by atoms with Crippen LogP contribution >= 0.6 is 0 Å². The fourth-order valence-electron chi connectivity index (χ4n) is 1.40. The highest BCUT2D eigenvalue weighted by atomic mass is 16.4. The number of hydrogen-bond donors (Lipinski definition) is 2. The third-order valence-corrected chi connectivity index (χ3v) is 2.23. The van der Waals surface area contributed by atoms with Gasteiger partial charge in [0.2, 0.25) is 0 Å². The smallest absolute Gasteiger partial charge is 0.335 e. The molecule has 5 heteroatoms. The highest BCUT2D eigenvalue weighted by molar-refractivity contribution is 5.76. The lowest BCUT2D eigenvalue weighted by atomic mass is 10.0. The van der Waals surface area contributed by atoms with E-state index in [1.807, 2.05) is 0 Å². The van der Waals surface area contributed by atoms with Crippen LogP contribution in [0.2, 0.25) is 0 Å². The second-order valence-electron chi connectivity index (χ2n) is 4.68. The maximum absolute atomic E-state index is 10.7. The molecule has 1 rings (SSSR count). The Kier molecular flexibility index (Phi) is 3.70. The summed E-state index contributed by atoms with van der Waals surface area (Å²) >= 11 is 0. The third kappa shape index (κ3) is 3.34. The van der Waals surface area contributed by atoms with Gasteiger partial charge in [0.1, 0.15) is 0 Å². The van der Waals surface area contributed by atoms with E-state index in [0.717, 1.165) is 6.54 Å². The molecule has 16 heavy (non-hydrogen) atoms. The van der Waals surface area contributed by atoms with E-state index >= 15 is 0 Å². The van der Waals surface area contributed by atoms with E-state index in [0.29, 0.717) is 11.6 Å². The van der Waals surface area contributed by atoms with Crippen molar-refractivity contribution in [3.8, 4) is 0 Å². The van der Waals surface area contributed by atoms with E-state index in [1.54, 1.807) is 16.9 Å². The van der Waals surface area contributed by atoms with Gasteiger partial charge < -0.3 is 10.2 Å². The number of carbonyl (C=O) groups is 1. The van der Waals surface area contributed by atoms with Crippen molar-refractivity contribution in [3.63, 3.8) is 0 Å². The van der Waals surface area contributed by atoms with Crippen LogP contribution in [0.1, 0.15) is 26.5 Å². The summed E-state index contributed by atoms with van der Waals surface area (Å²) in [5.41, 5.74) is -1.16. The van der Waals surface area contributed by atoms with Gasteiger partial charge in [-0.1, -0.05) is 13.8 Å². The lowest BCUT2D eigenvalue weighted by molar-refractivity contribution is -0.156. The van der Waals surface area contributed by atoms with Crippen LogP contribution in [-0.2, 0) is 17.8 Å². The zero-order valence-electron chi connectivity index (χ0n) is 9.84. The Morgan fingerprint density at radius 3 is 2.75 bits per heavy atom. The number of hydrogen-bond acceptors (Lipinski definition) is 3. The molecule has 0 aliphatic carbocycles. The van der Waals surface area contributed by atoms with E-state index < -0.39 is 11.6 Å². The van der Waals surface area contributed by atoms with E-state index in [1.165, 1.54) is 6.92 Å². The predicted octanol–water partition coefficient (Wildman–Crippen LogP) is 0.917. The monoisotopic (exact) mass is 226 g/mol. The van der Waals surface area contributed by atoms with Gasteiger partial charge in [-0.25, -0.2) is 4.79 Å². The number of nitrogens with zero attached hydrogens (tertiary/aromatic N) is 2. The van der Waals surface area contributed by atoms with Crippen molar-refractivity contribution in [2.75, 3.05) is 0 Å². The summed E-state index contributed by atoms with van der Waals surface area (Å²) in [6, 6.07) is 1.74. The quantitative estimate of drug-likeness (QED) is 0.782. The van der Waals surface area contributed by atoms with Gasteiger partial charge in [0.05, 0.1) is 5.69 Å². The SMILES string of the molecule is CC(C)Cn1ccc(CC(C)(O)C(=O)O)n1. The first-order valence-electron chi connectivity index (χ1n) is 5.29. The van der Waals surface area contributed by atoms with Gasteiger partial charge in [-0.05, 0) is 18.9 Å². The Morgan fingerprint density at radius 2 is 2.25 bits per heavy atom. The summed E-state index contributed by atoms with van der Waals surface area (Å²) in [4.78, 5) is 10.7. The minimum absolute atomic E-state index is 0.0213. The fraction of sp³-hybridized carbons (Fsp3) is 0.636. The molecule has 0 bridgehead atoms. The molecule has 1 heterocycles. The Hall–Kier alpha value is -1.36. The summed E-state index contributed by atoms with van der Waals surface area (Å²) < 4.78 is 1.76. The molecule has 0 aliphatic rings. The fourth-order valence-corrected chi connectivity index (χ4v) is 1.40. The molecule has 1 atom stereocenters. The van der Waals surface area contributed by atoms with Crippen LogP contribution < -0.4 is 0 Å². The van der Waals surface area contributed by atoms with E-state index in [2.05, 4.69) is 18.9 Å². The van der Waals surface area contributed by atoms with E-state index in [9.17, 15) is 9.90 Å². The van der Waals surface area contributed by atoms with E-state index in [-0.39, 0.29) is 6.42 Å². The Balaban J connectivity index is 2.69. The molecule has 2 N–H and O–H groups in total. The molecule has 1 unspecified atom stereocenters. The lowest BCUT2D eigenvalue weighted by Crippen LogP contribution is -2.37. The van der Waals surface area contributed by atoms with Crippen LogP contribution in [0.25, 0.3) is 0 Å². The molecule has 0 saturated heterocycles. The summed E-state index contributed by atoms with van der Waals surface area (Å²) in [6.45, 7) is 6.22. The van der Waals surface area contributed by atoms with Gasteiger partial charge in [0.15, 0.2) is 5.60 Å². The summed E-state index contributed by atoms with van der Waals surface area (Å²) in [7, 11) is 0. The molecule has 0 amide bonds. The highest BCUT2D eigenvalue weighted by Crippen LogP contribution is 2.12. The summed E-state index contributed by atoms with van der Waals surface area (Å²) in [5, 5.41) is 22.6. The standard InChI is InChI=1S/C11H18N2O3/c1-8(2)7-13-5-4-9(12-13)6-11(3,16)10(14)15/h4-5,8,16H,6-7H2,1-3H3,(H,14,15). The van der Waals surface area contributed by atoms with Crippen LogP contribution in [0.4, 0.5) is 0 Å². The van der Waals surface area contributed by atoms with Crippen molar-refractivity contribution in [1.82, 2.24) is 9.78 Å². The van der Waals surface area contributed by atoms with Gasteiger partial charge >= 0.3 is 5.97 Å². The number of carboxylic acids is 1. The zero-order valence-corrected chi connectivity index (χ0v) is 9.84. The molecule has 0 spiro atoms. The van der Waals surface area contributed by atoms with Crippen molar-refractivity contribution >= 4 is 5.97 Å². The molecule has 0 radical (unpaired) electrons. The second kappa shape index (κ2) is 4.65. The molecule has 1 aromatic rings. The Bertz CT molecular complexity index is 369. The molecule has 0 aromatic carbocycles. The normalized spacial score (nSPS) is 15.1. The maximum atomic E-state index is 10.7. The average molecular weight is 226 g/mol. The van der Waals surface area contributed by atoms with Gasteiger partial charge in [0.25, 0.3) is 0 Å². The molecular formula is C11H18N2O3. The van der Waals surface area contributed by atoms with Crippen LogP contribution in [0.15, 0.2) is 12.3 Å². The highest BCUT2D eigenvalue weighted by Gasteiger charge is 2.30. The zero-order chi connectivity index (χ0) is 12.3. The maximum Gasteiger partial charge on any atom is 0.335 e. The predicted molar refractivity (Wildman–Crippen MR) is 59.0 cm³/mol. The summed E-state index contributed by atoms with van der Waals surface area (Å²) in [5.74, 6) is -0.751. The molecule has 5 nitrogen and oxygen atoms in total. The molecule has 1 aromatic heterocycles. The molecule has 0 aliphatic heterocycles. The molecule has 0 fully saturated rings. The van der Waals surface area contributed by atoms with Crippen LogP contribution in [0.3, 0.4) is 0 Å². The lowest BCUT2D eigenvalue weighted by Gasteiger charge is -2.15. The number of aliphatic hydroxyl groups is 1. The van der Waals surface area contributed by atoms with Crippen LogP contribution in [-0.4, -0.2) is 31.6 Å². The molecule has 0 saturated carbocycles. The molecule has 90 valence electrons. The van der Waals surface area contributed by atoms with Gasteiger partial charge in [-0.15, -0.1) is 0 Å². The van der Waals surface area contributed by atoms with Crippen molar-refractivity contribution in [1.29, 1.82) is 0 Å². The van der Waals surface area contributed by atoms with Gasteiger partial charge in [0, 0.05) is 19.2 Å². The van der Waals surface area contributed by atoms with E-state index in [4.69, 9.17) is 5.11 Å².